The third kappa shape index (κ3) is 4.07. The second-order valence-electron chi connectivity index (χ2n) is 5.36. The highest BCUT2D eigenvalue weighted by Crippen LogP contribution is 2.39. The standard InChI is InChI=1S/C17H22N2O3S/c1-4-5-9-18(2)17(21)19-10-11-23-15(19)13-7-6-8-14(12-13)16(20)22-3/h6-8,10-12,15H,4-5,9H2,1-3H3. The Hall–Kier alpha value is -1.95. The van der Waals surface area contributed by atoms with Crippen LogP contribution >= 0.6 is 11.8 Å². The van der Waals surface area contributed by atoms with Crippen molar-refractivity contribution >= 4 is 23.8 Å². The van der Waals surface area contributed by atoms with Gasteiger partial charge in [-0.05, 0) is 29.5 Å². The van der Waals surface area contributed by atoms with Gasteiger partial charge in [-0.25, -0.2) is 9.59 Å². The first-order valence-electron chi connectivity index (χ1n) is 7.62. The van der Waals surface area contributed by atoms with Crippen LogP contribution in [0.2, 0.25) is 0 Å². The summed E-state index contributed by atoms with van der Waals surface area (Å²) in [4.78, 5) is 27.7. The molecule has 0 N–H and O–H groups in total. The number of unbranched alkanes of at least 4 members (excludes halogenated alkanes) is 1. The van der Waals surface area contributed by atoms with Crippen molar-refractivity contribution in [2.45, 2.75) is 25.1 Å². The van der Waals surface area contributed by atoms with E-state index in [2.05, 4.69) is 6.92 Å². The third-order valence-electron chi connectivity index (χ3n) is 3.67. The van der Waals surface area contributed by atoms with E-state index in [4.69, 9.17) is 4.74 Å². The maximum atomic E-state index is 12.6. The Morgan fingerprint density at radius 2 is 2.17 bits per heavy atom. The second-order valence-corrected chi connectivity index (χ2v) is 6.35. The van der Waals surface area contributed by atoms with Crippen LogP contribution in [0.25, 0.3) is 0 Å². The molecule has 0 saturated heterocycles. The van der Waals surface area contributed by atoms with Crippen molar-refractivity contribution < 1.29 is 14.3 Å². The Kier molecular flexibility index (Phi) is 6.10. The van der Waals surface area contributed by atoms with Crippen LogP contribution in [0.5, 0.6) is 0 Å². The Morgan fingerprint density at radius 1 is 1.39 bits per heavy atom. The van der Waals surface area contributed by atoms with Gasteiger partial charge in [0, 0.05) is 19.8 Å². The van der Waals surface area contributed by atoms with Gasteiger partial charge >= 0.3 is 12.0 Å². The van der Waals surface area contributed by atoms with Crippen LogP contribution in [0.15, 0.2) is 35.9 Å². The highest BCUT2D eigenvalue weighted by atomic mass is 32.2. The van der Waals surface area contributed by atoms with Crippen molar-refractivity contribution in [3.8, 4) is 0 Å². The van der Waals surface area contributed by atoms with Crippen molar-refractivity contribution in [2.24, 2.45) is 0 Å². The number of rotatable bonds is 5. The van der Waals surface area contributed by atoms with Gasteiger partial charge in [-0.3, -0.25) is 4.90 Å². The molecule has 0 spiro atoms. The summed E-state index contributed by atoms with van der Waals surface area (Å²) >= 11 is 1.55. The summed E-state index contributed by atoms with van der Waals surface area (Å²) in [5.74, 6) is -0.374. The summed E-state index contributed by atoms with van der Waals surface area (Å²) < 4.78 is 4.76. The smallest absolute Gasteiger partial charge is 0.337 e. The molecule has 2 amide bonds. The number of carbonyl (C=O) groups is 2. The number of carbonyl (C=O) groups excluding carboxylic acids is 2. The van der Waals surface area contributed by atoms with Gasteiger partial charge in [0.15, 0.2) is 0 Å². The van der Waals surface area contributed by atoms with E-state index in [1.807, 2.05) is 24.6 Å². The van der Waals surface area contributed by atoms with E-state index >= 15 is 0 Å². The molecule has 5 nitrogen and oxygen atoms in total. The number of hydrogen-bond acceptors (Lipinski definition) is 4. The van der Waals surface area contributed by atoms with Gasteiger partial charge in [0.05, 0.1) is 12.7 Å². The molecule has 0 saturated carbocycles. The first-order valence-corrected chi connectivity index (χ1v) is 8.56. The van der Waals surface area contributed by atoms with Crippen LogP contribution in [0, 0.1) is 0 Å². The lowest BCUT2D eigenvalue weighted by Crippen LogP contribution is -2.38. The molecule has 1 aliphatic heterocycles. The third-order valence-corrected chi connectivity index (χ3v) is 4.70. The number of hydrogen-bond donors (Lipinski definition) is 0. The fourth-order valence-corrected chi connectivity index (χ4v) is 3.29. The quantitative estimate of drug-likeness (QED) is 0.768. The van der Waals surface area contributed by atoms with Crippen molar-refractivity contribution in [3.63, 3.8) is 0 Å². The first-order chi connectivity index (χ1) is 11.1. The largest absolute Gasteiger partial charge is 0.465 e. The van der Waals surface area contributed by atoms with Gasteiger partial charge in [0.2, 0.25) is 0 Å². The number of thioether (sulfide) groups is 1. The van der Waals surface area contributed by atoms with E-state index < -0.39 is 0 Å². The monoisotopic (exact) mass is 334 g/mol. The molecular formula is C17H22N2O3S. The van der Waals surface area contributed by atoms with Crippen molar-refractivity contribution in [2.75, 3.05) is 20.7 Å². The number of nitrogens with zero attached hydrogens (tertiary/aromatic N) is 2. The van der Waals surface area contributed by atoms with E-state index in [9.17, 15) is 9.59 Å². The summed E-state index contributed by atoms with van der Waals surface area (Å²) in [6, 6.07) is 7.19. The maximum absolute atomic E-state index is 12.6. The van der Waals surface area contributed by atoms with Crippen LogP contribution in [0.3, 0.4) is 0 Å². The molecule has 0 bridgehead atoms. The minimum atomic E-state index is -0.374. The van der Waals surface area contributed by atoms with E-state index in [0.29, 0.717) is 5.56 Å². The van der Waals surface area contributed by atoms with Crippen LogP contribution in [0.1, 0.15) is 41.1 Å². The molecule has 6 heteroatoms. The molecule has 1 aliphatic rings. The Balaban J connectivity index is 2.16. The van der Waals surface area contributed by atoms with Gasteiger partial charge < -0.3 is 9.64 Å². The molecule has 0 radical (unpaired) electrons. The maximum Gasteiger partial charge on any atom is 0.337 e. The Bertz CT molecular complexity index is 603. The van der Waals surface area contributed by atoms with Crippen LogP contribution in [0.4, 0.5) is 4.79 Å². The van der Waals surface area contributed by atoms with Gasteiger partial charge in [0.1, 0.15) is 5.37 Å². The van der Waals surface area contributed by atoms with Gasteiger partial charge in [-0.2, -0.15) is 0 Å². The van der Waals surface area contributed by atoms with Crippen LogP contribution in [-0.4, -0.2) is 42.5 Å². The number of urea groups is 1. The molecule has 0 aromatic heterocycles. The van der Waals surface area contributed by atoms with Crippen molar-refractivity contribution in [1.29, 1.82) is 0 Å². The molecule has 0 fully saturated rings. The molecule has 0 aliphatic carbocycles. The van der Waals surface area contributed by atoms with Gasteiger partial charge in [-0.1, -0.05) is 25.5 Å². The van der Waals surface area contributed by atoms with E-state index in [-0.39, 0.29) is 17.4 Å². The van der Waals surface area contributed by atoms with E-state index in [1.165, 1.54) is 7.11 Å². The molecule has 1 heterocycles. The average Bonchev–Trinajstić information content (AvgIpc) is 3.07. The van der Waals surface area contributed by atoms with Gasteiger partial charge in [-0.15, -0.1) is 11.8 Å². The minimum absolute atomic E-state index is 0.0341. The fraction of sp³-hybridized carbons (Fsp3) is 0.412. The zero-order valence-corrected chi connectivity index (χ0v) is 14.5. The minimum Gasteiger partial charge on any atom is -0.465 e. The van der Waals surface area contributed by atoms with E-state index in [1.54, 1.807) is 39.9 Å². The van der Waals surface area contributed by atoms with Crippen LogP contribution < -0.4 is 0 Å². The molecule has 1 atom stereocenters. The van der Waals surface area contributed by atoms with E-state index in [0.717, 1.165) is 24.9 Å². The SMILES string of the molecule is CCCCN(C)C(=O)N1C=CSC1c1cccc(C(=O)OC)c1. The second kappa shape index (κ2) is 8.06. The molecule has 2 rings (SSSR count). The predicted molar refractivity (Wildman–Crippen MR) is 92.0 cm³/mol. The number of amides is 2. The normalized spacial score (nSPS) is 16.5. The van der Waals surface area contributed by atoms with Gasteiger partial charge in [0.25, 0.3) is 0 Å². The Labute approximate surface area is 141 Å². The first kappa shape index (κ1) is 17.4. The predicted octanol–water partition coefficient (Wildman–Crippen LogP) is 3.84. The number of ether oxygens (including phenoxy) is 1. The number of benzene rings is 1. The summed E-state index contributed by atoms with van der Waals surface area (Å²) in [6.45, 7) is 2.84. The average molecular weight is 334 g/mol. The molecule has 1 unspecified atom stereocenters. The lowest BCUT2D eigenvalue weighted by molar-refractivity contribution is 0.0600. The zero-order chi connectivity index (χ0) is 16.8. The molecule has 1 aromatic carbocycles. The topological polar surface area (TPSA) is 49.9 Å². The summed E-state index contributed by atoms with van der Waals surface area (Å²) in [5.41, 5.74) is 1.39. The number of methoxy groups -OCH3 is 1. The highest BCUT2D eigenvalue weighted by Gasteiger charge is 2.29. The Morgan fingerprint density at radius 3 is 2.87 bits per heavy atom. The molecule has 124 valence electrons. The summed E-state index contributed by atoms with van der Waals surface area (Å²) in [5, 5.41) is 1.75. The zero-order valence-electron chi connectivity index (χ0n) is 13.7. The fourth-order valence-electron chi connectivity index (χ4n) is 2.35. The highest BCUT2D eigenvalue weighted by molar-refractivity contribution is 8.02. The lowest BCUT2D eigenvalue weighted by atomic mass is 10.1. The van der Waals surface area contributed by atoms with Crippen LogP contribution in [-0.2, 0) is 4.74 Å². The summed E-state index contributed by atoms with van der Waals surface area (Å²) in [7, 11) is 3.18. The molecule has 23 heavy (non-hydrogen) atoms. The number of esters is 1. The molecule has 1 aromatic rings. The lowest BCUT2D eigenvalue weighted by Gasteiger charge is -2.28. The van der Waals surface area contributed by atoms with Crippen molar-refractivity contribution in [3.05, 3.63) is 47.0 Å². The summed E-state index contributed by atoms with van der Waals surface area (Å²) in [6.07, 6.45) is 3.83. The van der Waals surface area contributed by atoms with Crippen molar-refractivity contribution in [1.82, 2.24) is 9.80 Å². The molecular weight excluding hydrogens is 312 g/mol.